The molecule has 0 radical (unpaired) electrons. The van der Waals surface area contributed by atoms with Gasteiger partial charge in [0, 0.05) is 10.2 Å². The van der Waals surface area contributed by atoms with Crippen LogP contribution in [0.15, 0.2) is 35.4 Å². The number of benzene rings is 1. The molecule has 0 saturated heterocycles. The highest BCUT2D eigenvalue weighted by Gasteiger charge is 2.05. The van der Waals surface area contributed by atoms with Crippen LogP contribution in [-0.4, -0.2) is 21.2 Å². The van der Waals surface area contributed by atoms with Crippen molar-refractivity contribution in [1.82, 2.24) is 15.0 Å². The molecule has 0 aliphatic rings. The van der Waals surface area contributed by atoms with Gasteiger partial charge in [-0.25, -0.2) is 4.68 Å². The molecule has 0 unspecified atom stereocenters. The first-order valence-corrected chi connectivity index (χ1v) is 6.80. The Bertz CT molecular complexity index is 455. The Morgan fingerprint density at radius 3 is 2.87 bits per heavy atom. The number of nitrogens with zero attached hydrogens (tertiary/aromatic N) is 3. The molecule has 78 valence electrons. The van der Waals surface area contributed by atoms with E-state index < -0.39 is 0 Å². The highest BCUT2D eigenvalue weighted by molar-refractivity contribution is 9.08. The third kappa shape index (κ3) is 2.23. The van der Waals surface area contributed by atoms with Gasteiger partial charge in [-0.3, -0.25) is 0 Å². The van der Waals surface area contributed by atoms with Crippen molar-refractivity contribution in [1.29, 1.82) is 0 Å². The number of para-hydroxylation sites is 1. The van der Waals surface area contributed by atoms with Crippen LogP contribution in [0.1, 0.15) is 5.69 Å². The maximum absolute atomic E-state index is 4.09. The van der Waals surface area contributed by atoms with Gasteiger partial charge >= 0.3 is 0 Å². The molecule has 1 aromatic heterocycles. The molecule has 2 aromatic rings. The first-order valence-electron chi connectivity index (χ1n) is 4.45. The van der Waals surface area contributed by atoms with E-state index in [0.717, 1.165) is 16.7 Å². The van der Waals surface area contributed by atoms with Crippen LogP contribution in [0.5, 0.6) is 0 Å². The first kappa shape index (κ1) is 10.7. The van der Waals surface area contributed by atoms with Gasteiger partial charge in [0.2, 0.25) is 0 Å². The van der Waals surface area contributed by atoms with E-state index in [0.29, 0.717) is 0 Å². The van der Waals surface area contributed by atoms with Gasteiger partial charge in [-0.05, 0) is 18.4 Å². The quantitative estimate of drug-likeness (QED) is 0.641. The van der Waals surface area contributed by atoms with Crippen molar-refractivity contribution >= 4 is 27.7 Å². The van der Waals surface area contributed by atoms with Gasteiger partial charge in [-0.15, -0.1) is 16.9 Å². The highest BCUT2D eigenvalue weighted by atomic mass is 79.9. The molecule has 2 rings (SSSR count). The zero-order chi connectivity index (χ0) is 10.7. The molecule has 0 aliphatic heterocycles. The zero-order valence-electron chi connectivity index (χ0n) is 8.22. The van der Waals surface area contributed by atoms with E-state index in [1.165, 1.54) is 4.90 Å². The summed E-state index contributed by atoms with van der Waals surface area (Å²) in [4.78, 5) is 1.20. The number of rotatable bonds is 3. The Morgan fingerprint density at radius 2 is 2.20 bits per heavy atom. The van der Waals surface area contributed by atoms with E-state index in [-0.39, 0.29) is 0 Å². The molecule has 1 heterocycles. The lowest BCUT2D eigenvalue weighted by molar-refractivity contribution is 0.789. The lowest BCUT2D eigenvalue weighted by Crippen LogP contribution is -1.96. The van der Waals surface area contributed by atoms with Crippen molar-refractivity contribution in [3.8, 4) is 5.69 Å². The predicted molar refractivity (Wildman–Crippen MR) is 65.8 cm³/mol. The number of aromatic nitrogens is 3. The summed E-state index contributed by atoms with van der Waals surface area (Å²) >= 11 is 5.06. The van der Waals surface area contributed by atoms with Gasteiger partial charge in [-0.1, -0.05) is 33.3 Å². The SMILES string of the molecule is CSc1ccccc1-n1cc(CBr)nn1. The van der Waals surface area contributed by atoms with Crippen molar-refractivity contribution in [2.24, 2.45) is 0 Å². The Labute approximate surface area is 101 Å². The van der Waals surface area contributed by atoms with Crippen LogP contribution in [0, 0.1) is 0 Å². The van der Waals surface area contributed by atoms with Crippen LogP contribution in [0.2, 0.25) is 0 Å². The smallest absolute Gasteiger partial charge is 0.0937 e. The molecule has 1 aromatic carbocycles. The standard InChI is InChI=1S/C10H10BrN3S/c1-15-10-5-3-2-4-9(10)14-7-8(6-11)12-13-14/h2-5,7H,6H2,1H3. The molecule has 0 spiro atoms. The number of hydrogen-bond acceptors (Lipinski definition) is 3. The molecule has 3 nitrogen and oxygen atoms in total. The Hall–Kier alpha value is -0.810. The molecule has 0 fully saturated rings. The molecular formula is C10H10BrN3S. The number of hydrogen-bond donors (Lipinski definition) is 0. The van der Waals surface area contributed by atoms with E-state index in [2.05, 4.69) is 38.6 Å². The summed E-state index contributed by atoms with van der Waals surface area (Å²) in [5.41, 5.74) is 2.01. The van der Waals surface area contributed by atoms with Crippen LogP contribution in [-0.2, 0) is 5.33 Å². The molecule has 0 amide bonds. The fourth-order valence-corrected chi connectivity index (χ4v) is 2.14. The summed E-state index contributed by atoms with van der Waals surface area (Å²) in [6.07, 6.45) is 3.99. The Morgan fingerprint density at radius 1 is 1.40 bits per heavy atom. The van der Waals surface area contributed by atoms with Crippen molar-refractivity contribution in [2.45, 2.75) is 10.2 Å². The third-order valence-corrected chi connectivity index (χ3v) is 3.37. The van der Waals surface area contributed by atoms with Crippen LogP contribution < -0.4 is 0 Å². The molecule has 0 aliphatic carbocycles. The summed E-state index contributed by atoms with van der Waals surface area (Å²) in [7, 11) is 0. The fourth-order valence-electron chi connectivity index (χ4n) is 1.30. The average Bonchev–Trinajstić information content (AvgIpc) is 2.77. The number of thioether (sulfide) groups is 1. The summed E-state index contributed by atoms with van der Waals surface area (Å²) in [6.45, 7) is 0. The van der Waals surface area contributed by atoms with Gasteiger partial charge in [0.15, 0.2) is 0 Å². The molecule has 5 heteroatoms. The topological polar surface area (TPSA) is 30.7 Å². The maximum atomic E-state index is 4.09. The summed E-state index contributed by atoms with van der Waals surface area (Å²) in [5.74, 6) is 0. The average molecular weight is 284 g/mol. The zero-order valence-corrected chi connectivity index (χ0v) is 10.6. The van der Waals surface area contributed by atoms with Gasteiger partial charge in [0.25, 0.3) is 0 Å². The largest absolute Gasteiger partial charge is 0.219 e. The van der Waals surface area contributed by atoms with Crippen molar-refractivity contribution in [2.75, 3.05) is 6.26 Å². The van der Waals surface area contributed by atoms with E-state index in [9.17, 15) is 0 Å². The predicted octanol–water partition coefficient (Wildman–Crippen LogP) is 2.88. The van der Waals surface area contributed by atoms with Gasteiger partial charge in [0.1, 0.15) is 0 Å². The van der Waals surface area contributed by atoms with Crippen LogP contribution >= 0.6 is 27.7 Å². The second-order valence-electron chi connectivity index (χ2n) is 2.96. The van der Waals surface area contributed by atoms with Gasteiger partial charge in [-0.2, -0.15) is 0 Å². The second kappa shape index (κ2) is 4.81. The minimum atomic E-state index is 0.731. The minimum absolute atomic E-state index is 0.731. The number of alkyl halides is 1. The number of halogens is 1. The molecule has 0 N–H and O–H groups in total. The van der Waals surface area contributed by atoms with E-state index in [1.54, 1.807) is 11.8 Å². The molecule has 0 saturated carbocycles. The molecule has 15 heavy (non-hydrogen) atoms. The molecule has 0 bridgehead atoms. The second-order valence-corrected chi connectivity index (χ2v) is 4.37. The van der Waals surface area contributed by atoms with E-state index in [1.807, 2.05) is 29.1 Å². The van der Waals surface area contributed by atoms with Crippen molar-refractivity contribution in [3.63, 3.8) is 0 Å². The fraction of sp³-hybridized carbons (Fsp3) is 0.200. The van der Waals surface area contributed by atoms with E-state index in [4.69, 9.17) is 0 Å². The normalized spacial score (nSPS) is 10.5. The van der Waals surface area contributed by atoms with Crippen molar-refractivity contribution in [3.05, 3.63) is 36.2 Å². The van der Waals surface area contributed by atoms with E-state index >= 15 is 0 Å². The highest BCUT2D eigenvalue weighted by Crippen LogP contribution is 2.22. The van der Waals surface area contributed by atoms with Crippen LogP contribution in [0.3, 0.4) is 0 Å². The molecular weight excluding hydrogens is 274 g/mol. The minimum Gasteiger partial charge on any atom is -0.219 e. The first-order chi connectivity index (χ1) is 7.35. The Kier molecular flexibility index (Phi) is 3.43. The van der Waals surface area contributed by atoms with Crippen LogP contribution in [0.25, 0.3) is 5.69 Å². The van der Waals surface area contributed by atoms with Crippen molar-refractivity contribution < 1.29 is 0 Å². The third-order valence-electron chi connectivity index (χ3n) is 2.01. The summed E-state index contributed by atoms with van der Waals surface area (Å²) < 4.78 is 1.81. The van der Waals surface area contributed by atoms with Gasteiger partial charge in [0.05, 0.1) is 17.6 Å². The maximum Gasteiger partial charge on any atom is 0.0937 e. The van der Waals surface area contributed by atoms with Crippen LogP contribution in [0.4, 0.5) is 0 Å². The monoisotopic (exact) mass is 283 g/mol. The Balaban J connectivity index is 2.44. The lowest BCUT2D eigenvalue weighted by atomic mass is 10.3. The lowest BCUT2D eigenvalue weighted by Gasteiger charge is -2.04. The summed E-state index contributed by atoms with van der Waals surface area (Å²) in [5, 5.41) is 8.86. The summed E-state index contributed by atoms with van der Waals surface area (Å²) in [6, 6.07) is 8.15. The molecule has 0 atom stereocenters. The van der Waals surface area contributed by atoms with Gasteiger partial charge < -0.3 is 0 Å².